The Labute approximate surface area is 251 Å². The smallest absolute Gasteiger partial charge is 0.225 e. The molecule has 0 radical (unpaired) electrons. The summed E-state index contributed by atoms with van der Waals surface area (Å²) in [6.07, 6.45) is 1.22. The van der Waals surface area contributed by atoms with Crippen LogP contribution < -0.4 is 14.8 Å². The molecule has 5 aromatic carbocycles. The quantitative estimate of drug-likeness (QED) is 0.164. The zero-order valence-corrected chi connectivity index (χ0v) is 24.0. The highest BCUT2D eigenvalue weighted by Crippen LogP contribution is 2.38. The van der Waals surface area contributed by atoms with E-state index in [4.69, 9.17) is 9.47 Å². The van der Waals surface area contributed by atoms with Gasteiger partial charge >= 0.3 is 0 Å². The molecule has 0 aliphatic rings. The van der Waals surface area contributed by atoms with Gasteiger partial charge in [0.2, 0.25) is 5.91 Å². The van der Waals surface area contributed by atoms with Crippen molar-refractivity contribution in [1.82, 2.24) is 10.2 Å². The number of H-pyrrole nitrogens is 1. The summed E-state index contributed by atoms with van der Waals surface area (Å²) in [7, 11) is 0. The van der Waals surface area contributed by atoms with Crippen molar-refractivity contribution >= 4 is 22.6 Å². The van der Waals surface area contributed by atoms with Gasteiger partial charge in [-0.15, -0.1) is 0 Å². The Bertz CT molecular complexity index is 1800. The standard InChI is InChI=1S/C37H33N3O3/c1-2-9-36(41)38-37-34-22-32(28-14-18-30(19-15-28)42-24-26-10-5-3-6-11-26)33(23-35(34)39-40-37)29-16-20-31(21-17-29)43-25-27-12-7-4-8-13-27/h3-8,10-23H,2,9,24-25H2,1H3,(H2,38,39,40,41). The minimum atomic E-state index is -0.0486. The van der Waals surface area contributed by atoms with Gasteiger partial charge < -0.3 is 14.8 Å². The van der Waals surface area contributed by atoms with Crippen molar-refractivity contribution in [2.24, 2.45) is 0 Å². The molecule has 0 saturated heterocycles. The van der Waals surface area contributed by atoms with E-state index >= 15 is 0 Å². The van der Waals surface area contributed by atoms with Crippen molar-refractivity contribution in [3.63, 3.8) is 0 Å². The average Bonchev–Trinajstić information content (AvgIpc) is 3.45. The number of aromatic amines is 1. The number of nitrogens with one attached hydrogen (secondary N) is 2. The topological polar surface area (TPSA) is 76.2 Å². The molecule has 0 fully saturated rings. The van der Waals surface area contributed by atoms with Crippen LogP contribution in [0.5, 0.6) is 11.5 Å². The number of ether oxygens (including phenoxy) is 2. The first-order valence-electron chi connectivity index (χ1n) is 14.5. The minimum Gasteiger partial charge on any atom is -0.489 e. The van der Waals surface area contributed by atoms with E-state index < -0.39 is 0 Å². The zero-order valence-electron chi connectivity index (χ0n) is 24.0. The number of carbonyl (C=O) groups excluding carboxylic acids is 1. The van der Waals surface area contributed by atoms with Crippen LogP contribution in [0.25, 0.3) is 33.2 Å². The van der Waals surface area contributed by atoms with Crippen molar-refractivity contribution in [2.75, 3.05) is 5.32 Å². The van der Waals surface area contributed by atoms with Crippen LogP contribution in [0.4, 0.5) is 5.82 Å². The normalized spacial score (nSPS) is 10.9. The van der Waals surface area contributed by atoms with Crippen molar-refractivity contribution in [3.05, 3.63) is 132 Å². The molecule has 0 aliphatic heterocycles. The molecule has 0 spiro atoms. The molecule has 1 heterocycles. The molecule has 6 rings (SSSR count). The fourth-order valence-corrected chi connectivity index (χ4v) is 5.00. The highest BCUT2D eigenvalue weighted by molar-refractivity contribution is 6.04. The lowest BCUT2D eigenvalue weighted by molar-refractivity contribution is -0.116. The summed E-state index contributed by atoms with van der Waals surface area (Å²) in [5.41, 5.74) is 7.21. The van der Waals surface area contributed by atoms with Crippen LogP contribution in [-0.4, -0.2) is 16.1 Å². The van der Waals surface area contributed by atoms with Gasteiger partial charge in [-0.3, -0.25) is 9.89 Å². The number of carbonyl (C=O) groups is 1. The fourth-order valence-electron chi connectivity index (χ4n) is 5.00. The Morgan fingerprint density at radius 1 is 0.698 bits per heavy atom. The predicted octanol–water partition coefficient (Wildman–Crippen LogP) is 8.79. The molecule has 2 N–H and O–H groups in total. The lowest BCUT2D eigenvalue weighted by Crippen LogP contribution is -2.11. The minimum absolute atomic E-state index is 0.0486. The lowest BCUT2D eigenvalue weighted by Gasteiger charge is -2.14. The summed E-state index contributed by atoms with van der Waals surface area (Å²) in [4.78, 5) is 12.4. The third-order valence-corrected chi connectivity index (χ3v) is 7.26. The Balaban J connectivity index is 1.31. The predicted molar refractivity (Wildman–Crippen MR) is 172 cm³/mol. The molecule has 1 aromatic heterocycles. The Kier molecular flexibility index (Phi) is 8.46. The van der Waals surface area contributed by atoms with Gasteiger partial charge in [-0.25, -0.2) is 0 Å². The van der Waals surface area contributed by atoms with E-state index in [0.29, 0.717) is 25.5 Å². The summed E-state index contributed by atoms with van der Waals surface area (Å²) >= 11 is 0. The number of aromatic nitrogens is 2. The van der Waals surface area contributed by atoms with E-state index in [9.17, 15) is 4.79 Å². The molecule has 43 heavy (non-hydrogen) atoms. The number of hydrogen-bond acceptors (Lipinski definition) is 4. The number of amides is 1. The van der Waals surface area contributed by atoms with Gasteiger partial charge in [0, 0.05) is 11.8 Å². The number of hydrogen-bond donors (Lipinski definition) is 2. The van der Waals surface area contributed by atoms with Crippen LogP contribution in [-0.2, 0) is 18.0 Å². The number of anilines is 1. The second kappa shape index (κ2) is 13.1. The van der Waals surface area contributed by atoms with Gasteiger partial charge in [-0.2, -0.15) is 5.10 Å². The van der Waals surface area contributed by atoms with E-state index in [1.807, 2.05) is 67.6 Å². The van der Waals surface area contributed by atoms with E-state index in [1.54, 1.807) is 0 Å². The maximum Gasteiger partial charge on any atom is 0.225 e. The van der Waals surface area contributed by atoms with Crippen molar-refractivity contribution < 1.29 is 14.3 Å². The van der Waals surface area contributed by atoms with Gasteiger partial charge in [0.25, 0.3) is 0 Å². The highest BCUT2D eigenvalue weighted by Gasteiger charge is 2.16. The molecule has 0 unspecified atom stereocenters. The van der Waals surface area contributed by atoms with Crippen LogP contribution >= 0.6 is 0 Å². The summed E-state index contributed by atoms with van der Waals surface area (Å²) < 4.78 is 12.1. The second-order valence-electron chi connectivity index (χ2n) is 10.4. The Morgan fingerprint density at radius 3 is 1.72 bits per heavy atom. The van der Waals surface area contributed by atoms with Crippen molar-refractivity contribution in [3.8, 4) is 33.8 Å². The Hall–Kier alpha value is -5.36. The fraction of sp³-hybridized carbons (Fsp3) is 0.135. The molecule has 6 nitrogen and oxygen atoms in total. The molecule has 0 saturated carbocycles. The Morgan fingerprint density at radius 2 is 1.21 bits per heavy atom. The van der Waals surface area contributed by atoms with Crippen LogP contribution in [0.15, 0.2) is 121 Å². The summed E-state index contributed by atoms with van der Waals surface area (Å²) in [6.45, 7) is 3.00. The first-order valence-corrected chi connectivity index (χ1v) is 14.5. The summed E-state index contributed by atoms with van der Waals surface area (Å²) in [5.74, 6) is 2.09. The van der Waals surface area contributed by atoms with Gasteiger partial charge in [0.05, 0.1) is 5.52 Å². The van der Waals surface area contributed by atoms with E-state index in [-0.39, 0.29) is 5.91 Å². The van der Waals surface area contributed by atoms with Crippen LogP contribution in [0.1, 0.15) is 30.9 Å². The third-order valence-electron chi connectivity index (χ3n) is 7.26. The molecule has 214 valence electrons. The van der Waals surface area contributed by atoms with E-state index in [0.717, 1.165) is 62.2 Å². The monoisotopic (exact) mass is 567 g/mol. The van der Waals surface area contributed by atoms with E-state index in [1.165, 1.54) is 0 Å². The molecule has 6 heteroatoms. The molecule has 0 atom stereocenters. The number of rotatable bonds is 11. The number of nitrogens with zero attached hydrogens (tertiary/aromatic N) is 1. The second-order valence-corrected chi connectivity index (χ2v) is 10.4. The van der Waals surface area contributed by atoms with Crippen LogP contribution in [0.3, 0.4) is 0 Å². The maximum atomic E-state index is 12.4. The third kappa shape index (κ3) is 6.76. The summed E-state index contributed by atoms with van der Waals surface area (Å²) in [5, 5.41) is 11.4. The molecular formula is C37H33N3O3. The van der Waals surface area contributed by atoms with Crippen LogP contribution in [0.2, 0.25) is 0 Å². The summed E-state index contributed by atoms with van der Waals surface area (Å²) in [6, 6.07) is 40.7. The molecule has 6 aromatic rings. The molecule has 0 bridgehead atoms. The zero-order chi connectivity index (χ0) is 29.4. The first kappa shape index (κ1) is 27.8. The van der Waals surface area contributed by atoms with Gasteiger partial charge in [-0.1, -0.05) is 91.9 Å². The largest absolute Gasteiger partial charge is 0.489 e. The SMILES string of the molecule is CCCC(=O)Nc1n[nH]c2cc(-c3ccc(OCc4ccccc4)cc3)c(-c3ccc(OCc4ccccc4)cc3)cc12. The van der Waals surface area contributed by atoms with Gasteiger partial charge in [-0.05, 0) is 76.2 Å². The van der Waals surface area contributed by atoms with Crippen LogP contribution in [0, 0.1) is 0 Å². The molecular weight excluding hydrogens is 534 g/mol. The highest BCUT2D eigenvalue weighted by atomic mass is 16.5. The molecule has 0 aliphatic carbocycles. The van der Waals surface area contributed by atoms with Crippen molar-refractivity contribution in [2.45, 2.75) is 33.0 Å². The average molecular weight is 568 g/mol. The first-order chi connectivity index (χ1) is 21.2. The van der Waals surface area contributed by atoms with Gasteiger partial charge in [0.1, 0.15) is 24.7 Å². The molecule has 1 amide bonds. The van der Waals surface area contributed by atoms with E-state index in [2.05, 4.69) is 76.2 Å². The number of benzene rings is 5. The van der Waals surface area contributed by atoms with Gasteiger partial charge in [0.15, 0.2) is 5.82 Å². The van der Waals surface area contributed by atoms with Crippen molar-refractivity contribution in [1.29, 1.82) is 0 Å². The maximum absolute atomic E-state index is 12.4. The number of fused-ring (bicyclic) bond motifs is 1. The lowest BCUT2D eigenvalue weighted by atomic mass is 9.93.